The Bertz CT molecular complexity index is 401. The minimum Gasteiger partial charge on any atom is -0.351 e. The topological polar surface area (TPSA) is 59.0 Å². The van der Waals surface area contributed by atoms with Gasteiger partial charge in [-0.15, -0.1) is 0 Å². The molecule has 106 valence electrons. The Kier molecular flexibility index (Phi) is 4.87. The molecule has 1 saturated heterocycles. The molecule has 2 rings (SSSR count). The van der Waals surface area contributed by atoms with Gasteiger partial charge >= 0.3 is 0 Å². The maximum absolute atomic E-state index is 12.7. The van der Waals surface area contributed by atoms with Crippen LogP contribution in [0.4, 0.5) is 0 Å². The number of carbonyl (C=O) groups excluding carboxylic acids is 1. The lowest BCUT2D eigenvalue weighted by Crippen LogP contribution is -2.56. The van der Waals surface area contributed by atoms with Gasteiger partial charge in [0.1, 0.15) is 5.54 Å². The van der Waals surface area contributed by atoms with Crippen LogP contribution >= 0.6 is 11.8 Å². The summed E-state index contributed by atoms with van der Waals surface area (Å²) in [7, 11) is 0. The normalized spacial score (nSPS) is 19.9. The predicted octanol–water partition coefficient (Wildman–Crippen LogP) is 0.829. The first kappa shape index (κ1) is 14.4. The smallest absolute Gasteiger partial charge is 0.248 e. The Hall–Kier alpha value is -1.01. The highest BCUT2D eigenvalue weighted by Gasteiger charge is 2.42. The first-order valence-corrected chi connectivity index (χ1v) is 8.09. The van der Waals surface area contributed by atoms with E-state index in [1.807, 2.05) is 23.9 Å². The highest BCUT2D eigenvalue weighted by atomic mass is 32.2. The van der Waals surface area contributed by atoms with Crippen LogP contribution < -0.4 is 10.6 Å². The largest absolute Gasteiger partial charge is 0.351 e. The SMILES string of the molecule is CSCC(C)NC(=O)C1(n2cccn2)CCNCC1. The molecule has 19 heavy (non-hydrogen) atoms. The van der Waals surface area contributed by atoms with Crippen molar-refractivity contribution in [2.45, 2.75) is 31.3 Å². The molecule has 1 unspecified atom stereocenters. The van der Waals surface area contributed by atoms with Gasteiger partial charge in [-0.05, 0) is 45.2 Å². The molecular formula is C13H22N4OS. The van der Waals surface area contributed by atoms with Gasteiger partial charge in [0.25, 0.3) is 0 Å². The van der Waals surface area contributed by atoms with Crippen molar-refractivity contribution in [2.75, 3.05) is 25.1 Å². The Morgan fingerprint density at radius 1 is 1.58 bits per heavy atom. The van der Waals surface area contributed by atoms with Crippen molar-refractivity contribution in [1.29, 1.82) is 0 Å². The lowest BCUT2D eigenvalue weighted by Gasteiger charge is -2.37. The summed E-state index contributed by atoms with van der Waals surface area (Å²) in [6.07, 6.45) is 7.25. The van der Waals surface area contributed by atoms with Gasteiger partial charge in [-0.25, -0.2) is 0 Å². The quantitative estimate of drug-likeness (QED) is 0.840. The maximum atomic E-state index is 12.7. The average molecular weight is 282 g/mol. The van der Waals surface area contributed by atoms with E-state index < -0.39 is 5.54 Å². The molecule has 0 radical (unpaired) electrons. The fourth-order valence-corrected chi connectivity index (χ4v) is 3.16. The second kappa shape index (κ2) is 6.43. The lowest BCUT2D eigenvalue weighted by atomic mass is 9.87. The molecule has 1 amide bonds. The Morgan fingerprint density at radius 2 is 2.32 bits per heavy atom. The lowest BCUT2D eigenvalue weighted by molar-refractivity contribution is -0.132. The number of nitrogens with one attached hydrogen (secondary N) is 2. The molecule has 1 aliphatic heterocycles. The van der Waals surface area contributed by atoms with Crippen LogP contribution in [0.2, 0.25) is 0 Å². The number of hydrogen-bond donors (Lipinski definition) is 2. The van der Waals surface area contributed by atoms with Crippen LogP contribution in [-0.2, 0) is 10.3 Å². The number of thioether (sulfide) groups is 1. The average Bonchev–Trinajstić information content (AvgIpc) is 2.94. The first-order chi connectivity index (χ1) is 9.19. The molecule has 2 heterocycles. The molecule has 0 spiro atoms. The standard InChI is InChI=1S/C13H22N4OS/c1-11(10-19-2)16-12(18)13(4-7-14-8-5-13)17-9-3-6-15-17/h3,6,9,11,14H,4-5,7-8,10H2,1-2H3,(H,16,18). The zero-order valence-electron chi connectivity index (χ0n) is 11.6. The van der Waals surface area contributed by atoms with Gasteiger partial charge in [-0.1, -0.05) is 0 Å². The van der Waals surface area contributed by atoms with Crippen LogP contribution in [-0.4, -0.2) is 46.8 Å². The van der Waals surface area contributed by atoms with E-state index in [9.17, 15) is 4.79 Å². The minimum absolute atomic E-state index is 0.0965. The van der Waals surface area contributed by atoms with Crippen LogP contribution in [0.3, 0.4) is 0 Å². The van der Waals surface area contributed by atoms with Crippen molar-refractivity contribution >= 4 is 17.7 Å². The third-order valence-electron chi connectivity index (χ3n) is 3.59. The highest BCUT2D eigenvalue weighted by molar-refractivity contribution is 7.98. The summed E-state index contributed by atoms with van der Waals surface area (Å²) in [5.41, 5.74) is -0.526. The number of carbonyl (C=O) groups is 1. The van der Waals surface area contributed by atoms with Crippen molar-refractivity contribution in [1.82, 2.24) is 20.4 Å². The number of nitrogens with zero attached hydrogens (tertiary/aromatic N) is 2. The maximum Gasteiger partial charge on any atom is 0.248 e. The van der Waals surface area contributed by atoms with Crippen molar-refractivity contribution < 1.29 is 4.79 Å². The molecule has 1 fully saturated rings. The van der Waals surface area contributed by atoms with Crippen LogP contribution in [0.5, 0.6) is 0 Å². The highest BCUT2D eigenvalue weighted by Crippen LogP contribution is 2.27. The molecule has 0 bridgehead atoms. The minimum atomic E-state index is -0.526. The van der Waals surface area contributed by atoms with Gasteiger partial charge in [0.05, 0.1) is 0 Å². The molecular weight excluding hydrogens is 260 g/mol. The molecule has 5 nitrogen and oxygen atoms in total. The van der Waals surface area contributed by atoms with Gasteiger partial charge in [-0.3, -0.25) is 9.48 Å². The Morgan fingerprint density at radius 3 is 2.89 bits per heavy atom. The summed E-state index contributed by atoms with van der Waals surface area (Å²) < 4.78 is 1.83. The second-order valence-electron chi connectivity index (χ2n) is 5.06. The third-order valence-corrected chi connectivity index (χ3v) is 4.42. The van der Waals surface area contributed by atoms with Crippen LogP contribution in [0, 0.1) is 0 Å². The third kappa shape index (κ3) is 3.12. The zero-order valence-corrected chi connectivity index (χ0v) is 12.4. The van der Waals surface area contributed by atoms with E-state index in [2.05, 4.69) is 22.0 Å². The van der Waals surface area contributed by atoms with Crippen molar-refractivity contribution in [3.05, 3.63) is 18.5 Å². The molecule has 2 N–H and O–H groups in total. The number of piperidine rings is 1. The van der Waals surface area contributed by atoms with Crippen LogP contribution in [0.15, 0.2) is 18.5 Å². The van der Waals surface area contributed by atoms with Crippen molar-refractivity contribution in [3.63, 3.8) is 0 Å². The summed E-state index contributed by atoms with van der Waals surface area (Å²) in [4.78, 5) is 12.7. The monoisotopic (exact) mass is 282 g/mol. The van der Waals surface area contributed by atoms with E-state index in [1.165, 1.54) is 0 Å². The zero-order chi connectivity index (χ0) is 13.7. The number of rotatable bonds is 5. The number of aromatic nitrogens is 2. The van der Waals surface area contributed by atoms with Gasteiger partial charge in [-0.2, -0.15) is 16.9 Å². The molecule has 0 aliphatic carbocycles. The number of amides is 1. The van der Waals surface area contributed by atoms with Crippen molar-refractivity contribution in [3.8, 4) is 0 Å². The molecule has 0 saturated carbocycles. The molecule has 0 aromatic carbocycles. The van der Waals surface area contributed by atoms with Gasteiger partial charge < -0.3 is 10.6 Å². The molecule has 1 aromatic heterocycles. The van der Waals surface area contributed by atoms with E-state index in [0.29, 0.717) is 0 Å². The van der Waals surface area contributed by atoms with Gasteiger partial charge in [0.2, 0.25) is 5.91 Å². The van der Waals surface area contributed by atoms with Gasteiger partial charge in [0, 0.05) is 24.2 Å². The van der Waals surface area contributed by atoms with Gasteiger partial charge in [0.15, 0.2) is 0 Å². The van der Waals surface area contributed by atoms with Crippen molar-refractivity contribution in [2.24, 2.45) is 0 Å². The van der Waals surface area contributed by atoms with E-state index in [4.69, 9.17) is 0 Å². The molecule has 1 aliphatic rings. The Labute approximate surface area is 118 Å². The Balaban J connectivity index is 2.16. The summed E-state index contributed by atoms with van der Waals surface area (Å²) in [6, 6.07) is 2.06. The molecule has 1 atom stereocenters. The van der Waals surface area contributed by atoms with Crippen LogP contribution in [0.25, 0.3) is 0 Å². The van der Waals surface area contributed by atoms with E-state index in [-0.39, 0.29) is 11.9 Å². The van der Waals surface area contributed by atoms with E-state index in [1.54, 1.807) is 18.0 Å². The molecule has 1 aromatic rings. The fourth-order valence-electron chi connectivity index (χ4n) is 2.57. The predicted molar refractivity (Wildman–Crippen MR) is 78.3 cm³/mol. The van der Waals surface area contributed by atoms with E-state index in [0.717, 1.165) is 31.7 Å². The van der Waals surface area contributed by atoms with Crippen LogP contribution in [0.1, 0.15) is 19.8 Å². The fraction of sp³-hybridized carbons (Fsp3) is 0.692. The summed E-state index contributed by atoms with van der Waals surface area (Å²) in [5, 5.41) is 10.8. The first-order valence-electron chi connectivity index (χ1n) is 6.70. The summed E-state index contributed by atoms with van der Waals surface area (Å²) >= 11 is 1.75. The second-order valence-corrected chi connectivity index (χ2v) is 5.97. The number of hydrogen-bond acceptors (Lipinski definition) is 4. The van der Waals surface area contributed by atoms with E-state index >= 15 is 0 Å². The summed E-state index contributed by atoms with van der Waals surface area (Å²) in [6.45, 7) is 3.75. The molecule has 6 heteroatoms. The summed E-state index contributed by atoms with van der Waals surface area (Å²) in [5.74, 6) is 1.03.